The van der Waals surface area contributed by atoms with Crippen molar-refractivity contribution in [3.05, 3.63) is 52.1 Å². The number of piperidine rings is 1. The lowest BCUT2D eigenvalue weighted by Crippen LogP contribution is -2.42. The fourth-order valence-corrected chi connectivity index (χ4v) is 6.49. The van der Waals surface area contributed by atoms with Gasteiger partial charge in [-0.3, -0.25) is 4.79 Å². The fourth-order valence-electron chi connectivity index (χ4n) is 3.38. The molecule has 1 amide bonds. The van der Waals surface area contributed by atoms with Gasteiger partial charge in [0.1, 0.15) is 10.0 Å². The van der Waals surface area contributed by atoms with Crippen molar-refractivity contribution in [2.45, 2.75) is 30.5 Å². The van der Waals surface area contributed by atoms with Crippen LogP contribution in [0, 0.1) is 17.7 Å². The van der Waals surface area contributed by atoms with E-state index in [2.05, 4.69) is 5.32 Å². The zero-order chi connectivity index (χ0) is 20.3. The van der Waals surface area contributed by atoms with Crippen LogP contribution in [-0.2, 0) is 21.4 Å². The zero-order valence-electron chi connectivity index (χ0n) is 15.4. The molecule has 0 saturated carbocycles. The number of thiophene rings is 1. The first-order valence-corrected chi connectivity index (χ1v) is 11.7. The van der Waals surface area contributed by atoms with Crippen LogP contribution in [0.15, 0.2) is 40.6 Å². The van der Waals surface area contributed by atoms with Crippen molar-refractivity contribution in [1.82, 2.24) is 9.62 Å². The standard InChI is InChI=1S/C19H22ClFN2O3S2/c1-13(19(24)22-12-15-4-2-3-5-16(15)21)14-8-10-23(11-9-14)28(25,26)18-7-6-17(20)27-18/h2-7,13-14H,8-12H2,1H3,(H,22,24)/t13-/m0/s1. The average molecular weight is 445 g/mol. The van der Waals surface area contributed by atoms with E-state index in [1.54, 1.807) is 24.3 Å². The van der Waals surface area contributed by atoms with E-state index >= 15 is 0 Å². The van der Waals surface area contributed by atoms with Crippen molar-refractivity contribution in [3.63, 3.8) is 0 Å². The van der Waals surface area contributed by atoms with Crippen molar-refractivity contribution in [2.24, 2.45) is 11.8 Å². The Morgan fingerprint density at radius 1 is 1.29 bits per heavy atom. The van der Waals surface area contributed by atoms with Crippen LogP contribution in [0.25, 0.3) is 0 Å². The third kappa shape index (κ3) is 4.74. The number of amides is 1. The van der Waals surface area contributed by atoms with E-state index in [1.165, 1.54) is 16.4 Å². The molecule has 0 unspecified atom stereocenters. The minimum absolute atomic E-state index is 0.0824. The molecule has 1 aliphatic rings. The average Bonchev–Trinajstić information content (AvgIpc) is 3.14. The Kier molecular flexibility index (Phi) is 6.75. The number of sulfonamides is 1. The summed E-state index contributed by atoms with van der Waals surface area (Å²) < 4.78 is 41.1. The Morgan fingerprint density at radius 3 is 2.57 bits per heavy atom. The Bertz CT molecular complexity index is 940. The first-order chi connectivity index (χ1) is 13.3. The summed E-state index contributed by atoms with van der Waals surface area (Å²) in [7, 11) is -3.54. The monoisotopic (exact) mass is 444 g/mol. The molecule has 0 radical (unpaired) electrons. The third-order valence-electron chi connectivity index (χ3n) is 5.17. The molecule has 3 rings (SSSR count). The Labute approximate surface area is 173 Å². The minimum Gasteiger partial charge on any atom is -0.352 e. The summed E-state index contributed by atoms with van der Waals surface area (Å²) in [5.74, 6) is -0.677. The number of nitrogens with zero attached hydrogens (tertiary/aromatic N) is 1. The Morgan fingerprint density at radius 2 is 1.96 bits per heavy atom. The van der Waals surface area contributed by atoms with E-state index < -0.39 is 10.0 Å². The van der Waals surface area contributed by atoms with Gasteiger partial charge in [-0.1, -0.05) is 36.7 Å². The summed E-state index contributed by atoms with van der Waals surface area (Å²) >= 11 is 6.90. The van der Waals surface area contributed by atoms with Gasteiger partial charge in [0.2, 0.25) is 5.91 Å². The molecule has 9 heteroatoms. The van der Waals surface area contributed by atoms with E-state index in [1.807, 2.05) is 6.92 Å². The molecule has 1 atom stereocenters. The van der Waals surface area contributed by atoms with Crippen LogP contribution < -0.4 is 5.32 Å². The molecule has 1 aromatic heterocycles. The lowest BCUT2D eigenvalue weighted by molar-refractivity contribution is -0.126. The number of nitrogens with one attached hydrogen (secondary N) is 1. The zero-order valence-corrected chi connectivity index (χ0v) is 17.8. The van der Waals surface area contributed by atoms with E-state index in [-0.39, 0.29) is 34.3 Å². The smallest absolute Gasteiger partial charge is 0.252 e. The van der Waals surface area contributed by atoms with Gasteiger partial charge in [0, 0.05) is 31.1 Å². The molecule has 1 N–H and O–H groups in total. The van der Waals surface area contributed by atoms with Crippen LogP contribution in [-0.4, -0.2) is 31.7 Å². The summed E-state index contributed by atoms with van der Waals surface area (Å²) in [6.07, 6.45) is 1.21. The van der Waals surface area contributed by atoms with Crippen LogP contribution >= 0.6 is 22.9 Å². The first kappa shape index (κ1) is 21.2. The SMILES string of the molecule is C[C@H](C(=O)NCc1ccccc1F)C1CCN(S(=O)(=O)c2ccc(Cl)s2)CC1. The van der Waals surface area contributed by atoms with Gasteiger partial charge in [0.05, 0.1) is 4.34 Å². The number of rotatable bonds is 6. The van der Waals surface area contributed by atoms with Crippen molar-refractivity contribution in [3.8, 4) is 0 Å². The predicted octanol–water partition coefficient (Wildman–Crippen LogP) is 3.89. The Hall–Kier alpha value is -1.48. The summed E-state index contributed by atoms with van der Waals surface area (Å²) in [5, 5.41) is 2.78. The molecule has 0 spiro atoms. The highest BCUT2D eigenvalue weighted by Crippen LogP contribution is 2.32. The topological polar surface area (TPSA) is 66.5 Å². The molecule has 2 aromatic rings. The van der Waals surface area contributed by atoms with Gasteiger partial charge in [0.15, 0.2) is 0 Å². The number of carbonyl (C=O) groups excluding carboxylic acids is 1. The van der Waals surface area contributed by atoms with E-state index in [0.29, 0.717) is 35.8 Å². The molecular formula is C19H22ClFN2O3S2. The van der Waals surface area contributed by atoms with Crippen LogP contribution in [0.2, 0.25) is 4.34 Å². The van der Waals surface area contributed by atoms with Crippen LogP contribution in [0.4, 0.5) is 4.39 Å². The van der Waals surface area contributed by atoms with Crippen LogP contribution in [0.1, 0.15) is 25.3 Å². The normalized spacial score (nSPS) is 17.4. The van der Waals surface area contributed by atoms with Crippen LogP contribution in [0.3, 0.4) is 0 Å². The second-order valence-corrected chi connectivity index (χ2v) is 10.8. The van der Waals surface area contributed by atoms with Crippen molar-refractivity contribution in [1.29, 1.82) is 0 Å². The number of carbonyl (C=O) groups is 1. The first-order valence-electron chi connectivity index (χ1n) is 9.05. The number of benzene rings is 1. The highest BCUT2D eigenvalue weighted by molar-refractivity contribution is 7.91. The van der Waals surface area contributed by atoms with Gasteiger partial charge in [0.25, 0.3) is 10.0 Å². The summed E-state index contributed by atoms with van der Waals surface area (Å²) in [4.78, 5) is 12.5. The van der Waals surface area contributed by atoms with Gasteiger partial charge in [-0.05, 0) is 37.0 Å². The maximum atomic E-state index is 13.7. The molecule has 1 aromatic carbocycles. The summed E-state index contributed by atoms with van der Waals surface area (Å²) in [6, 6.07) is 9.43. The van der Waals surface area contributed by atoms with Crippen molar-refractivity contribution >= 4 is 38.9 Å². The maximum absolute atomic E-state index is 13.7. The molecule has 2 heterocycles. The van der Waals surface area contributed by atoms with E-state index in [9.17, 15) is 17.6 Å². The molecule has 0 aliphatic carbocycles. The third-order valence-corrected chi connectivity index (χ3v) is 8.77. The van der Waals surface area contributed by atoms with Crippen molar-refractivity contribution in [2.75, 3.05) is 13.1 Å². The van der Waals surface area contributed by atoms with Gasteiger partial charge in [-0.2, -0.15) is 4.31 Å². The van der Waals surface area contributed by atoms with Gasteiger partial charge >= 0.3 is 0 Å². The second kappa shape index (κ2) is 8.90. The predicted molar refractivity (Wildman–Crippen MR) is 108 cm³/mol. The lowest BCUT2D eigenvalue weighted by Gasteiger charge is -2.33. The number of hydrogen-bond donors (Lipinski definition) is 1. The molecule has 28 heavy (non-hydrogen) atoms. The van der Waals surface area contributed by atoms with Gasteiger partial charge < -0.3 is 5.32 Å². The Balaban J connectivity index is 1.54. The largest absolute Gasteiger partial charge is 0.352 e. The maximum Gasteiger partial charge on any atom is 0.252 e. The highest BCUT2D eigenvalue weighted by atomic mass is 35.5. The molecule has 152 valence electrons. The van der Waals surface area contributed by atoms with Gasteiger partial charge in [-0.15, -0.1) is 11.3 Å². The summed E-state index contributed by atoms with van der Waals surface area (Å²) in [6.45, 7) is 2.72. The quantitative estimate of drug-likeness (QED) is 0.734. The van der Waals surface area contributed by atoms with Crippen molar-refractivity contribution < 1.29 is 17.6 Å². The lowest BCUT2D eigenvalue weighted by atomic mass is 9.85. The molecular weight excluding hydrogens is 423 g/mol. The second-order valence-electron chi connectivity index (χ2n) is 6.90. The van der Waals surface area contributed by atoms with Gasteiger partial charge in [-0.25, -0.2) is 12.8 Å². The molecule has 0 bridgehead atoms. The van der Waals surface area contributed by atoms with E-state index in [0.717, 1.165) is 11.3 Å². The highest BCUT2D eigenvalue weighted by Gasteiger charge is 2.34. The van der Waals surface area contributed by atoms with Crippen LogP contribution in [0.5, 0.6) is 0 Å². The minimum atomic E-state index is -3.54. The fraction of sp³-hybridized carbons (Fsp3) is 0.421. The molecule has 5 nitrogen and oxygen atoms in total. The molecule has 1 aliphatic heterocycles. The molecule has 1 fully saturated rings. The number of halogens is 2. The number of hydrogen-bond acceptors (Lipinski definition) is 4. The summed E-state index contributed by atoms with van der Waals surface area (Å²) in [5.41, 5.74) is 0.443. The molecule has 1 saturated heterocycles. The van der Waals surface area contributed by atoms with E-state index in [4.69, 9.17) is 11.6 Å².